The van der Waals surface area contributed by atoms with Gasteiger partial charge in [0, 0.05) is 5.56 Å². The van der Waals surface area contributed by atoms with Crippen molar-refractivity contribution in [1.29, 1.82) is 0 Å². The molecule has 1 N–H and O–H groups in total. The van der Waals surface area contributed by atoms with E-state index in [0.29, 0.717) is 18.3 Å². The van der Waals surface area contributed by atoms with E-state index < -0.39 is 11.6 Å². The minimum Gasteiger partial charge on any atom is -0.316 e. The van der Waals surface area contributed by atoms with Crippen LogP contribution in [0.4, 0.5) is 8.78 Å². The van der Waals surface area contributed by atoms with Gasteiger partial charge < -0.3 is 5.32 Å². The smallest absolute Gasteiger partial charge is 0.129 e. The normalized spacial score (nSPS) is 14.7. The number of benzene rings is 1. The van der Waals surface area contributed by atoms with E-state index in [4.69, 9.17) is 0 Å². The number of hydrogen-bond donors (Lipinski definition) is 1. The van der Waals surface area contributed by atoms with Gasteiger partial charge in [-0.15, -0.1) is 0 Å². The second-order valence-electron chi connectivity index (χ2n) is 5.91. The van der Waals surface area contributed by atoms with E-state index in [-0.39, 0.29) is 11.5 Å². The fraction of sp³-hybridized carbons (Fsp3) is 0.625. The van der Waals surface area contributed by atoms with Crippen molar-refractivity contribution in [3.8, 4) is 0 Å². The van der Waals surface area contributed by atoms with Crippen LogP contribution in [0.25, 0.3) is 0 Å². The highest BCUT2D eigenvalue weighted by atomic mass is 19.1. The zero-order valence-electron chi connectivity index (χ0n) is 12.3. The second-order valence-corrected chi connectivity index (χ2v) is 5.91. The van der Waals surface area contributed by atoms with E-state index in [9.17, 15) is 8.78 Å². The standard InChI is InChI=1S/C16H25F2N/c1-11(2)9-19-10-13(4)12(3)8-14-15(17)6-5-7-16(14)18/h5-7,11-13,19H,8-10H2,1-4H3. The zero-order chi connectivity index (χ0) is 14.4. The van der Waals surface area contributed by atoms with Crippen LogP contribution >= 0.6 is 0 Å². The molecule has 108 valence electrons. The Balaban J connectivity index is 2.52. The summed E-state index contributed by atoms with van der Waals surface area (Å²) in [5.41, 5.74) is 0.214. The Morgan fingerprint density at radius 2 is 1.53 bits per heavy atom. The van der Waals surface area contributed by atoms with Gasteiger partial charge in [0.25, 0.3) is 0 Å². The molecule has 2 unspecified atom stereocenters. The Bertz CT molecular complexity index is 370. The first-order valence-corrected chi connectivity index (χ1v) is 7.05. The molecule has 0 spiro atoms. The molecule has 0 fully saturated rings. The predicted molar refractivity (Wildman–Crippen MR) is 76.1 cm³/mol. The molecule has 0 aliphatic heterocycles. The van der Waals surface area contributed by atoms with Gasteiger partial charge in [0.05, 0.1) is 0 Å². The molecule has 0 saturated heterocycles. The van der Waals surface area contributed by atoms with Crippen molar-refractivity contribution in [2.45, 2.75) is 34.1 Å². The van der Waals surface area contributed by atoms with Crippen LogP contribution in [0.2, 0.25) is 0 Å². The summed E-state index contributed by atoms with van der Waals surface area (Å²) in [5.74, 6) is 0.374. The summed E-state index contributed by atoms with van der Waals surface area (Å²) in [7, 11) is 0. The maximum atomic E-state index is 13.6. The Morgan fingerprint density at radius 3 is 2.05 bits per heavy atom. The molecule has 19 heavy (non-hydrogen) atoms. The molecule has 0 bridgehead atoms. The summed E-state index contributed by atoms with van der Waals surface area (Å²) in [6.45, 7) is 10.4. The molecule has 2 atom stereocenters. The van der Waals surface area contributed by atoms with Gasteiger partial charge in [-0.1, -0.05) is 33.8 Å². The maximum absolute atomic E-state index is 13.6. The van der Waals surface area contributed by atoms with Crippen molar-refractivity contribution in [2.75, 3.05) is 13.1 Å². The first-order valence-electron chi connectivity index (χ1n) is 7.05. The van der Waals surface area contributed by atoms with Crippen LogP contribution in [-0.4, -0.2) is 13.1 Å². The van der Waals surface area contributed by atoms with Crippen molar-refractivity contribution in [3.63, 3.8) is 0 Å². The van der Waals surface area contributed by atoms with Gasteiger partial charge in [-0.3, -0.25) is 0 Å². The van der Waals surface area contributed by atoms with Crippen molar-refractivity contribution in [3.05, 3.63) is 35.4 Å². The minimum absolute atomic E-state index is 0.214. The fourth-order valence-electron chi connectivity index (χ4n) is 2.05. The van der Waals surface area contributed by atoms with Crippen LogP contribution in [0.1, 0.15) is 33.3 Å². The lowest BCUT2D eigenvalue weighted by Gasteiger charge is -2.21. The molecule has 1 rings (SSSR count). The molecular weight excluding hydrogens is 244 g/mol. The van der Waals surface area contributed by atoms with E-state index in [1.165, 1.54) is 18.2 Å². The van der Waals surface area contributed by atoms with Gasteiger partial charge in [0.15, 0.2) is 0 Å². The molecule has 0 aliphatic carbocycles. The van der Waals surface area contributed by atoms with Gasteiger partial charge in [0.2, 0.25) is 0 Å². The fourth-order valence-corrected chi connectivity index (χ4v) is 2.05. The molecule has 0 aromatic heterocycles. The average Bonchev–Trinajstić information content (AvgIpc) is 2.33. The van der Waals surface area contributed by atoms with Gasteiger partial charge in [-0.2, -0.15) is 0 Å². The third-order valence-corrected chi connectivity index (χ3v) is 3.58. The van der Waals surface area contributed by atoms with Gasteiger partial charge in [-0.05, 0) is 49.4 Å². The first kappa shape index (κ1) is 16.1. The van der Waals surface area contributed by atoms with E-state index >= 15 is 0 Å². The third-order valence-electron chi connectivity index (χ3n) is 3.58. The molecular formula is C16H25F2N. The van der Waals surface area contributed by atoms with E-state index in [1.807, 2.05) is 6.92 Å². The molecule has 3 heteroatoms. The van der Waals surface area contributed by atoms with Crippen LogP contribution in [0, 0.1) is 29.4 Å². The van der Waals surface area contributed by atoms with Crippen LogP contribution in [-0.2, 0) is 6.42 Å². The Kier molecular flexibility index (Phi) is 6.43. The Hall–Kier alpha value is -0.960. The number of halogens is 2. The number of hydrogen-bond acceptors (Lipinski definition) is 1. The molecule has 0 aliphatic rings. The summed E-state index contributed by atoms with van der Waals surface area (Å²) in [6, 6.07) is 4.06. The summed E-state index contributed by atoms with van der Waals surface area (Å²) in [4.78, 5) is 0. The van der Waals surface area contributed by atoms with Crippen LogP contribution in [0.15, 0.2) is 18.2 Å². The van der Waals surface area contributed by atoms with Crippen LogP contribution in [0.5, 0.6) is 0 Å². The van der Waals surface area contributed by atoms with Gasteiger partial charge >= 0.3 is 0 Å². The summed E-state index contributed by atoms with van der Waals surface area (Å²) in [5, 5.41) is 3.39. The first-order chi connectivity index (χ1) is 8.91. The van der Waals surface area contributed by atoms with Crippen molar-refractivity contribution in [1.82, 2.24) is 5.32 Å². The molecule has 1 aromatic carbocycles. The highest BCUT2D eigenvalue weighted by molar-refractivity contribution is 5.20. The molecule has 0 amide bonds. The zero-order valence-corrected chi connectivity index (χ0v) is 12.3. The SMILES string of the molecule is CC(C)CNCC(C)C(C)Cc1c(F)cccc1F. The van der Waals surface area contributed by atoms with Crippen molar-refractivity contribution in [2.24, 2.45) is 17.8 Å². The van der Waals surface area contributed by atoms with Crippen LogP contribution < -0.4 is 5.32 Å². The maximum Gasteiger partial charge on any atom is 0.129 e. The predicted octanol–water partition coefficient (Wildman–Crippen LogP) is 4.03. The van der Waals surface area contributed by atoms with Crippen molar-refractivity contribution < 1.29 is 8.78 Å². The quantitative estimate of drug-likeness (QED) is 0.788. The lowest BCUT2D eigenvalue weighted by atomic mass is 9.89. The molecule has 0 radical (unpaired) electrons. The Morgan fingerprint density at radius 1 is 0.947 bits per heavy atom. The number of nitrogens with one attached hydrogen (secondary N) is 1. The van der Waals surface area contributed by atoms with Crippen molar-refractivity contribution >= 4 is 0 Å². The summed E-state index contributed by atoms with van der Waals surface area (Å²) < 4.78 is 27.2. The monoisotopic (exact) mass is 269 g/mol. The molecule has 1 aromatic rings. The lowest BCUT2D eigenvalue weighted by molar-refractivity contribution is 0.350. The minimum atomic E-state index is -0.436. The van der Waals surface area contributed by atoms with Gasteiger partial charge in [0.1, 0.15) is 11.6 Å². The van der Waals surface area contributed by atoms with Gasteiger partial charge in [-0.25, -0.2) is 8.78 Å². The number of rotatable bonds is 7. The summed E-state index contributed by atoms with van der Waals surface area (Å²) >= 11 is 0. The summed E-state index contributed by atoms with van der Waals surface area (Å²) in [6.07, 6.45) is 0.447. The van der Waals surface area contributed by atoms with E-state index in [2.05, 4.69) is 26.1 Å². The Labute approximate surface area is 115 Å². The molecule has 0 saturated carbocycles. The highest BCUT2D eigenvalue weighted by Gasteiger charge is 2.17. The van der Waals surface area contributed by atoms with Crippen LogP contribution in [0.3, 0.4) is 0 Å². The van der Waals surface area contributed by atoms with E-state index in [1.54, 1.807) is 0 Å². The molecule has 1 nitrogen and oxygen atoms in total. The average molecular weight is 269 g/mol. The molecule has 0 heterocycles. The van der Waals surface area contributed by atoms with E-state index in [0.717, 1.165) is 13.1 Å². The topological polar surface area (TPSA) is 12.0 Å². The highest BCUT2D eigenvalue weighted by Crippen LogP contribution is 2.21. The third kappa shape index (κ3) is 5.27. The largest absolute Gasteiger partial charge is 0.316 e. The lowest BCUT2D eigenvalue weighted by Crippen LogP contribution is -2.29. The second kappa shape index (κ2) is 7.59.